The van der Waals surface area contributed by atoms with E-state index in [1.54, 1.807) is 12.2 Å². The summed E-state index contributed by atoms with van der Waals surface area (Å²) in [6, 6.07) is -0.526. The highest BCUT2D eigenvalue weighted by Gasteiger charge is 2.45. The third kappa shape index (κ3) is 13.2. The molecule has 3 aromatic rings. The number of ether oxygens (including phenoxy) is 2. The molecule has 1 amide bonds. The maximum Gasteiger partial charge on any atom is 0.473 e. The number of rotatable bonds is 23. The van der Waals surface area contributed by atoms with Crippen LogP contribution in [0.5, 0.6) is 11.5 Å². The van der Waals surface area contributed by atoms with Gasteiger partial charge in [-0.25, -0.2) is 19.3 Å². The first-order valence-electron chi connectivity index (χ1n) is 18.1. The van der Waals surface area contributed by atoms with E-state index >= 15 is 0 Å². The second kappa shape index (κ2) is 20.9. The summed E-state index contributed by atoms with van der Waals surface area (Å²) in [5.41, 5.74) is 5.09. The Bertz CT molecular complexity index is 2220. The number of aromatic nitrogens is 4. The lowest BCUT2D eigenvalue weighted by atomic mass is 9.99. The molecule has 11 unspecified atom stereocenters. The van der Waals surface area contributed by atoms with E-state index in [0.29, 0.717) is 0 Å². The largest absolute Gasteiger partial charge is 0.508 e. The third-order valence-corrected chi connectivity index (χ3v) is 10.0. The molecule has 0 spiro atoms. The Morgan fingerprint density at radius 3 is 2.35 bits per heavy atom. The van der Waals surface area contributed by atoms with E-state index < -0.39 is 149 Å². The quantitative estimate of drug-likeness (QED) is 0.0248. The van der Waals surface area contributed by atoms with Crippen LogP contribution in [0, 0.1) is 0 Å². The third-order valence-electron chi connectivity index (χ3n) is 9.00. The first kappa shape index (κ1) is 49.0. The summed E-state index contributed by atoms with van der Waals surface area (Å²) < 4.78 is 32.7. The average molecular weight is 906 g/mol. The molecule has 0 radical (unpaired) electrons. The number of carboxylic acids is 3. The first-order valence-corrected chi connectivity index (χ1v) is 19.6. The minimum absolute atomic E-state index is 0.00539. The highest BCUT2D eigenvalue weighted by atomic mass is 31.2. The second-order valence-corrected chi connectivity index (χ2v) is 15.2. The van der Waals surface area contributed by atoms with Crippen LogP contribution in [0.4, 0.5) is 11.6 Å². The number of amides is 1. The van der Waals surface area contributed by atoms with Crippen molar-refractivity contribution < 1.29 is 98.2 Å². The Hall–Kier alpha value is -5.65. The summed E-state index contributed by atoms with van der Waals surface area (Å²) in [5, 5.41) is 106. The molecule has 1 aliphatic rings. The molecule has 29 heteroatoms. The summed E-state index contributed by atoms with van der Waals surface area (Å²) in [6.45, 7) is -0.304. The smallest absolute Gasteiger partial charge is 0.473 e. The van der Waals surface area contributed by atoms with Gasteiger partial charge in [-0.2, -0.15) is 4.98 Å². The first-order chi connectivity index (χ1) is 29.0. The van der Waals surface area contributed by atoms with Crippen molar-refractivity contribution >= 4 is 54.4 Å². The maximum atomic E-state index is 12.7. The zero-order valence-electron chi connectivity index (χ0n) is 32.1. The van der Waals surface area contributed by atoms with Crippen LogP contribution in [0.1, 0.15) is 43.5 Å². The van der Waals surface area contributed by atoms with E-state index in [9.17, 15) is 74.3 Å². The van der Waals surface area contributed by atoms with Crippen molar-refractivity contribution in [2.45, 2.75) is 93.7 Å². The molecule has 28 nitrogen and oxygen atoms in total. The fourth-order valence-corrected chi connectivity index (χ4v) is 6.65. The topological polar surface area (TPSA) is 466 Å². The van der Waals surface area contributed by atoms with E-state index in [1.165, 1.54) is 6.20 Å². The van der Waals surface area contributed by atoms with Gasteiger partial charge in [0.05, 0.1) is 49.4 Å². The molecule has 1 aromatic carbocycles. The lowest BCUT2D eigenvalue weighted by Gasteiger charge is -2.25. The van der Waals surface area contributed by atoms with Crippen LogP contribution >= 0.6 is 7.82 Å². The molecule has 0 aliphatic carbocycles. The summed E-state index contributed by atoms with van der Waals surface area (Å²) in [4.78, 5) is 82.8. The van der Waals surface area contributed by atoms with Crippen molar-refractivity contribution in [3.8, 4) is 11.5 Å². The number of aliphatic carboxylic acids is 3. The van der Waals surface area contributed by atoms with Gasteiger partial charge in [0.2, 0.25) is 5.95 Å². The molecule has 62 heavy (non-hydrogen) atoms. The van der Waals surface area contributed by atoms with Gasteiger partial charge in [-0.3, -0.25) is 33.2 Å². The molecule has 1 aliphatic heterocycles. The van der Waals surface area contributed by atoms with Crippen molar-refractivity contribution in [3.63, 3.8) is 0 Å². The summed E-state index contributed by atoms with van der Waals surface area (Å²) in [7, 11) is -5.39. The molecular formula is C33H44N7O21P. The average Bonchev–Trinajstić information content (AvgIpc) is 3.46. The highest BCUT2D eigenvalue weighted by Crippen LogP contribution is 2.46. The Labute approximate surface area is 347 Å². The number of nitrogens with one attached hydrogen (secondary N) is 3. The normalized spacial score (nSPS) is 21.5. The number of aliphatic hydroxyl groups is 5. The van der Waals surface area contributed by atoms with Crippen LogP contribution in [-0.2, 0) is 48.7 Å². The molecule has 342 valence electrons. The number of anilines is 2. The van der Waals surface area contributed by atoms with Crippen molar-refractivity contribution in [2.75, 3.05) is 24.3 Å². The number of H-pyrrole nitrogens is 1. The van der Waals surface area contributed by atoms with Crippen molar-refractivity contribution in [3.05, 3.63) is 39.9 Å². The number of hydrogen-bond donors (Lipinski definition) is 15. The van der Waals surface area contributed by atoms with E-state index in [1.807, 2.05) is 0 Å². The monoisotopic (exact) mass is 905 g/mol. The number of fused-ring (bicyclic) bond motifs is 1. The van der Waals surface area contributed by atoms with Gasteiger partial charge >= 0.3 is 25.7 Å². The zero-order chi connectivity index (χ0) is 46.2. The number of hydrogen-bond acceptors (Lipinski definition) is 22. The zero-order valence-corrected chi connectivity index (χ0v) is 33.0. The molecule has 0 saturated carbocycles. The molecule has 3 heterocycles. The SMILES string of the molecule is CC(Nc1cc(O)c(CC(O)C(O)C(O)COC2OC(COP(=O)(O)OC(CCC(=O)O)C(=O)NC(CC(=O)O)C(=O)O)C(O)C2O)cc1O)c1cnc2c(=O)[nH]c(N)nc2n1. The lowest BCUT2D eigenvalue weighted by molar-refractivity contribution is -0.192. The van der Waals surface area contributed by atoms with E-state index in [0.717, 1.165) is 12.1 Å². The summed E-state index contributed by atoms with van der Waals surface area (Å²) in [6.07, 6.45) is -17.1. The van der Waals surface area contributed by atoms with Gasteiger partial charge in [0.1, 0.15) is 54.2 Å². The number of phosphoric acid groups is 1. The number of carboxylic acid groups (broad SMARTS) is 3. The Morgan fingerprint density at radius 2 is 1.71 bits per heavy atom. The molecule has 0 bridgehead atoms. The van der Waals surface area contributed by atoms with Gasteiger partial charge < -0.3 is 81.8 Å². The fraction of sp³-hybridized carbons (Fsp3) is 0.515. The molecule has 11 atom stereocenters. The number of nitrogen functional groups attached to an aromatic ring is 1. The standard InChI is InChI=1S/C33H44N7O21P/c1-11(15-8-35-24-28(37-15)39-33(34)40-30(24)53)36-13-6-16(41)12(4-17(13)42)5-18(43)25(49)19(44)9-58-32-27(51)26(50)21(60-32)10-59-62(56,57)61-20(2-3-22(45)46)29(52)38-14(31(54)55)7-23(47)48/h4,6,8,11,14,18-21,25-27,32,36,41-44,49-51H,2-3,5,7,9-10H2,1H3,(H,38,52)(H,45,46)(H,47,48)(H,54,55)(H,56,57)(H3,34,37,39,40,53). The lowest BCUT2D eigenvalue weighted by Crippen LogP contribution is -2.47. The van der Waals surface area contributed by atoms with Crippen LogP contribution in [0.2, 0.25) is 0 Å². The number of aliphatic hydroxyl groups excluding tert-OH is 5. The number of nitrogens with two attached hydrogens (primary N) is 1. The van der Waals surface area contributed by atoms with Crippen LogP contribution in [0.15, 0.2) is 23.1 Å². The number of phosphoric ester groups is 1. The van der Waals surface area contributed by atoms with Crippen LogP contribution in [0.25, 0.3) is 11.2 Å². The van der Waals surface area contributed by atoms with Gasteiger partial charge in [0.15, 0.2) is 17.5 Å². The maximum absolute atomic E-state index is 12.7. The van der Waals surface area contributed by atoms with E-state index in [2.05, 4.69) is 25.3 Å². The van der Waals surface area contributed by atoms with E-state index in [-0.39, 0.29) is 34.1 Å². The van der Waals surface area contributed by atoms with E-state index in [4.69, 9.17) is 34.5 Å². The van der Waals surface area contributed by atoms with Gasteiger partial charge in [-0.1, -0.05) is 0 Å². The van der Waals surface area contributed by atoms with Crippen LogP contribution < -0.4 is 21.9 Å². The Morgan fingerprint density at radius 1 is 1.02 bits per heavy atom. The number of aromatic amines is 1. The van der Waals surface area contributed by atoms with Gasteiger partial charge in [-0.05, 0) is 19.4 Å². The van der Waals surface area contributed by atoms with Gasteiger partial charge in [-0.15, -0.1) is 0 Å². The number of aromatic hydroxyl groups is 2. The Kier molecular flexibility index (Phi) is 16.6. The number of nitrogens with zero attached hydrogens (tertiary/aromatic N) is 3. The summed E-state index contributed by atoms with van der Waals surface area (Å²) in [5.74, 6) is -7.46. The van der Waals surface area contributed by atoms with Crippen LogP contribution in [-0.4, -0.2) is 168 Å². The predicted octanol–water partition coefficient (Wildman–Crippen LogP) is -3.62. The van der Waals surface area contributed by atoms with Gasteiger partial charge in [0.25, 0.3) is 11.5 Å². The molecule has 2 aromatic heterocycles. The highest BCUT2D eigenvalue weighted by molar-refractivity contribution is 7.47. The number of carbonyl (C=O) groups excluding carboxylic acids is 1. The van der Waals surface area contributed by atoms with Crippen molar-refractivity contribution in [1.29, 1.82) is 0 Å². The minimum Gasteiger partial charge on any atom is -0.508 e. The summed E-state index contributed by atoms with van der Waals surface area (Å²) >= 11 is 0. The second-order valence-electron chi connectivity index (χ2n) is 13.8. The van der Waals surface area contributed by atoms with Crippen molar-refractivity contribution in [2.24, 2.45) is 0 Å². The number of benzene rings is 1. The van der Waals surface area contributed by atoms with Gasteiger partial charge in [0, 0.05) is 24.5 Å². The molecule has 1 saturated heterocycles. The fourth-order valence-electron chi connectivity index (χ4n) is 5.73. The molecular weight excluding hydrogens is 861 g/mol. The molecule has 1 fully saturated rings. The number of phenols is 2. The predicted molar refractivity (Wildman–Crippen MR) is 202 cm³/mol. The molecule has 16 N–H and O–H groups in total. The minimum atomic E-state index is -5.39. The Balaban J connectivity index is 1.29. The molecule has 4 rings (SSSR count). The number of carbonyl (C=O) groups is 4. The van der Waals surface area contributed by atoms with Crippen molar-refractivity contribution in [1.82, 2.24) is 25.3 Å². The number of phenolic OH excluding ortho intramolecular Hbond substituents is 2. The van der Waals surface area contributed by atoms with Crippen LogP contribution in [0.3, 0.4) is 0 Å².